The number of pyridine rings is 1. The zero-order valence-corrected chi connectivity index (χ0v) is 5.93. The molecule has 1 rings (SSSR count). The lowest BCUT2D eigenvalue weighted by Gasteiger charge is -2.02. The highest BCUT2D eigenvalue weighted by molar-refractivity contribution is 5.43. The Morgan fingerprint density at radius 2 is 2.50 bits per heavy atom. The van der Waals surface area contributed by atoms with Crippen LogP contribution in [0.25, 0.3) is 0 Å². The molecule has 0 atom stereocenters. The van der Waals surface area contributed by atoms with E-state index >= 15 is 0 Å². The SMILES string of the molecule is [2H]c1nc(C)c(OC)c([2H])c1N. The highest BCUT2D eigenvalue weighted by Gasteiger charge is 1.97. The Bertz CT molecular complexity index is 315. The maximum Gasteiger partial charge on any atom is 0.142 e. The Hall–Kier alpha value is -1.25. The van der Waals surface area contributed by atoms with Crippen LogP contribution in [0.2, 0.25) is 0 Å². The minimum absolute atomic E-state index is 0.0370. The number of aromatic nitrogens is 1. The predicted molar refractivity (Wildman–Crippen MR) is 39.9 cm³/mol. The van der Waals surface area contributed by atoms with Crippen LogP contribution in [0, 0.1) is 6.92 Å². The van der Waals surface area contributed by atoms with Crippen molar-refractivity contribution in [3.05, 3.63) is 17.9 Å². The van der Waals surface area contributed by atoms with E-state index in [1.165, 1.54) is 7.11 Å². The molecule has 1 aromatic rings. The highest BCUT2D eigenvalue weighted by atomic mass is 16.5. The molecule has 0 fully saturated rings. The molecular formula is C7H10N2O. The largest absolute Gasteiger partial charge is 0.495 e. The van der Waals surface area contributed by atoms with Gasteiger partial charge in [0.15, 0.2) is 0 Å². The monoisotopic (exact) mass is 140 g/mol. The van der Waals surface area contributed by atoms with Crippen molar-refractivity contribution in [2.24, 2.45) is 0 Å². The first-order valence-electron chi connectivity index (χ1n) is 3.85. The second-order valence-corrected chi connectivity index (χ2v) is 1.88. The van der Waals surface area contributed by atoms with Crippen molar-refractivity contribution in [2.45, 2.75) is 6.92 Å². The van der Waals surface area contributed by atoms with Crippen molar-refractivity contribution >= 4 is 5.69 Å². The van der Waals surface area contributed by atoms with Gasteiger partial charge in [-0.15, -0.1) is 0 Å². The fraction of sp³-hybridized carbons (Fsp3) is 0.286. The molecule has 2 N–H and O–H groups in total. The van der Waals surface area contributed by atoms with E-state index < -0.39 is 0 Å². The summed E-state index contributed by atoms with van der Waals surface area (Å²) in [6.45, 7) is 1.67. The average molecular weight is 140 g/mol. The zero-order valence-electron chi connectivity index (χ0n) is 7.93. The first-order valence-corrected chi connectivity index (χ1v) is 2.85. The second kappa shape index (κ2) is 2.56. The van der Waals surface area contributed by atoms with Crippen LogP contribution in [-0.2, 0) is 0 Å². The highest BCUT2D eigenvalue weighted by Crippen LogP contribution is 2.16. The number of nitrogen functional groups attached to an aromatic ring is 1. The number of aryl methyl sites for hydroxylation is 1. The summed E-state index contributed by atoms with van der Waals surface area (Å²) in [4.78, 5) is 3.80. The second-order valence-electron chi connectivity index (χ2n) is 1.88. The molecule has 0 aliphatic carbocycles. The summed E-state index contributed by atoms with van der Waals surface area (Å²) in [7, 11) is 1.45. The first-order chi connectivity index (χ1) is 5.57. The van der Waals surface area contributed by atoms with Gasteiger partial charge in [-0.25, -0.2) is 0 Å². The van der Waals surface area contributed by atoms with Crippen LogP contribution in [0.5, 0.6) is 5.75 Å². The van der Waals surface area contributed by atoms with Gasteiger partial charge in [0.2, 0.25) is 0 Å². The number of anilines is 1. The van der Waals surface area contributed by atoms with E-state index in [0.717, 1.165) is 0 Å². The molecule has 0 radical (unpaired) electrons. The molecule has 0 saturated carbocycles. The molecule has 1 aromatic heterocycles. The molecule has 0 bridgehead atoms. The van der Waals surface area contributed by atoms with E-state index in [1.807, 2.05) is 0 Å². The Morgan fingerprint density at radius 3 is 3.10 bits per heavy atom. The third kappa shape index (κ3) is 1.18. The van der Waals surface area contributed by atoms with Crippen molar-refractivity contribution in [3.8, 4) is 5.75 Å². The summed E-state index contributed by atoms with van der Waals surface area (Å²) < 4.78 is 19.6. The van der Waals surface area contributed by atoms with Gasteiger partial charge in [-0.3, -0.25) is 4.98 Å². The number of nitrogens with two attached hydrogens (primary N) is 1. The van der Waals surface area contributed by atoms with Crippen molar-refractivity contribution in [1.29, 1.82) is 0 Å². The van der Waals surface area contributed by atoms with Gasteiger partial charge in [-0.1, -0.05) is 0 Å². The molecule has 3 heteroatoms. The molecule has 0 aromatic carbocycles. The lowest BCUT2D eigenvalue weighted by molar-refractivity contribution is 0.409. The molecular weight excluding hydrogens is 128 g/mol. The van der Waals surface area contributed by atoms with E-state index in [-0.39, 0.29) is 17.9 Å². The lowest BCUT2D eigenvalue weighted by Crippen LogP contribution is -1.93. The van der Waals surface area contributed by atoms with Crippen LogP contribution < -0.4 is 10.5 Å². The molecule has 0 unspecified atom stereocenters. The molecule has 0 amide bonds. The number of rotatable bonds is 1. The first kappa shape index (κ1) is 4.55. The molecule has 1 heterocycles. The normalized spacial score (nSPS) is 12.2. The summed E-state index contributed by atoms with van der Waals surface area (Å²) in [6, 6.07) is 0.0370. The van der Waals surface area contributed by atoms with Crippen molar-refractivity contribution in [1.82, 2.24) is 4.98 Å². The standard InChI is InChI=1S/C7H10N2O/c1-5-7(10-2)3-6(8)4-9-5/h3-4H,8H2,1-2H3/i3D,4D. The summed E-state index contributed by atoms with van der Waals surface area (Å²) in [6.07, 6.45) is -0.0710. The van der Waals surface area contributed by atoms with Gasteiger partial charge in [0.25, 0.3) is 0 Å². The van der Waals surface area contributed by atoms with Crippen LogP contribution >= 0.6 is 0 Å². The maximum absolute atomic E-state index is 7.47. The molecule has 0 aliphatic heterocycles. The fourth-order valence-electron chi connectivity index (χ4n) is 0.634. The average Bonchev–Trinajstić information content (AvgIpc) is 2.01. The number of hydrogen-bond acceptors (Lipinski definition) is 3. The van der Waals surface area contributed by atoms with Crippen molar-refractivity contribution in [2.75, 3.05) is 12.8 Å². The van der Waals surface area contributed by atoms with Crippen LogP contribution in [0.1, 0.15) is 8.44 Å². The quantitative estimate of drug-likeness (QED) is 0.632. The number of nitrogens with zero attached hydrogens (tertiary/aromatic N) is 1. The van der Waals surface area contributed by atoms with Gasteiger partial charge in [0.1, 0.15) is 5.75 Å². The summed E-state index contributed by atoms with van der Waals surface area (Å²) >= 11 is 0. The third-order valence-corrected chi connectivity index (χ3v) is 1.12. The van der Waals surface area contributed by atoms with Gasteiger partial charge in [0.05, 0.1) is 27.4 Å². The van der Waals surface area contributed by atoms with E-state index in [4.69, 9.17) is 13.2 Å². The molecule has 3 nitrogen and oxygen atoms in total. The molecule has 10 heavy (non-hydrogen) atoms. The van der Waals surface area contributed by atoms with Crippen LogP contribution in [0.15, 0.2) is 12.2 Å². The van der Waals surface area contributed by atoms with Gasteiger partial charge in [-0.05, 0) is 6.92 Å². The summed E-state index contributed by atoms with van der Waals surface area (Å²) in [5.41, 5.74) is 5.98. The third-order valence-electron chi connectivity index (χ3n) is 1.12. The smallest absolute Gasteiger partial charge is 0.142 e. The molecule has 0 spiro atoms. The van der Waals surface area contributed by atoms with Crippen LogP contribution in [0.4, 0.5) is 5.69 Å². The van der Waals surface area contributed by atoms with Crippen molar-refractivity contribution < 1.29 is 7.48 Å². The van der Waals surface area contributed by atoms with Gasteiger partial charge in [-0.2, -0.15) is 0 Å². The van der Waals surface area contributed by atoms with E-state index in [0.29, 0.717) is 11.4 Å². The number of ether oxygens (including phenoxy) is 1. The summed E-state index contributed by atoms with van der Waals surface area (Å²) in [5, 5.41) is 0. The molecule has 0 aliphatic rings. The zero-order chi connectivity index (χ0) is 9.30. The Kier molecular flexibility index (Phi) is 1.16. The Balaban J connectivity index is 3.40. The van der Waals surface area contributed by atoms with Crippen molar-refractivity contribution in [3.63, 3.8) is 0 Å². The number of hydrogen-bond donors (Lipinski definition) is 1. The molecule has 0 saturated heterocycles. The Morgan fingerprint density at radius 1 is 1.80 bits per heavy atom. The topological polar surface area (TPSA) is 48.1 Å². The summed E-state index contributed by atoms with van der Waals surface area (Å²) in [5.74, 6) is 0.337. The number of methoxy groups -OCH3 is 1. The minimum atomic E-state index is -0.0710. The maximum atomic E-state index is 7.47. The van der Waals surface area contributed by atoms with Crippen LogP contribution in [0.3, 0.4) is 0 Å². The van der Waals surface area contributed by atoms with E-state index in [9.17, 15) is 0 Å². The van der Waals surface area contributed by atoms with E-state index in [2.05, 4.69) is 4.98 Å². The van der Waals surface area contributed by atoms with Crippen LogP contribution in [-0.4, -0.2) is 12.1 Å². The predicted octanol–water partition coefficient (Wildman–Crippen LogP) is 0.981. The van der Waals surface area contributed by atoms with Gasteiger partial charge >= 0.3 is 0 Å². The van der Waals surface area contributed by atoms with E-state index in [1.54, 1.807) is 6.92 Å². The Labute approximate surface area is 62.6 Å². The molecule has 54 valence electrons. The van der Waals surface area contributed by atoms with Gasteiger partial charge in [0, 0.05) is 6.04 Å². The fourth-order valence-corrected chi connectivity index (χ4v) is 0.634. The van der Waals surface area contributed by atoms with Gasteiger partial charge < -0.3 is 10.5 Å². The minimum Gasteiger partial charge on any atom is -0.495 e. The lowest BCUT2D eigenvalue weighted by atomic mass is 10.3.